The Bertz CT molecular complexity index is 182. The maximum Gasteiger partial charge on any atom is 0.387 e. The molecule has 0 aromatic carbocycles. The Kier molecular flexibility index (Phi) is 3.70. The molecule has 0 aliphatic rings. The molecule has 0 bridgehead atoms. The topological polar surface area (TPSA) is 63.6 Å². The summed E-state index contributed by atoms with van der Waals surface area (Å²) in [6, 6.07) is 0. The first-order chi connectivity index (χ1) is 4.06. The van der Waals surface area contributed by atoms with Crippen LogP contribution in [0.1, 0.15) is 6.92 Å². The van der Waals surface area contributed by atoms with Gasteiger partial charge in [-0.3, -0.25) is 8.42 Å². The second kappa shape index (κ2) is 3.78. The molecular weight excluding hydrogens is 160 g/mol. The van der Waals surface area contributed by atoms with Gasteiger partial charge in [-0.25, -0.2) is 0 Å². The van der Waals surface area contributed by atoms with Crippen LogP contribution in [0.25, 0.3) is 0 Å². The van der Waals surface area contributed by atoms with Gasteiger partial charge < -0.3 is 0 Å². The lowest BCUT2D eigenvalue weighted by Gasteiger charge is -1.89. The summed E-state index contributed by atoms with van der Waals surface area (Å²) in [5.74, 6) is 0. The summed E-state index contributed by atoms with van der Waals surface area (Å²) in [4.78, 5) is 0. The monoisotopic (exact) mass is 166 g/mol. The first-order valence-corrected chi connectivity index (χ1v) is 4.44. The van der Waals surface area contributed by atoms with E-state index in [-0.39, 0.29) is 9.76 Å². The van der Waals surface area contributed by atoms with Gasteiger partial charge in [0.25, 0.3) is 9.76 Å². The molecule has 0 amide bonds. The van der Waals surface area contributed by atoms with Crippen molar-refractivity contribution in [3.63, 3.8) is 0 Å². The fourth-order valence-corrected chi connectivity index (χ4v) is 1.00. The SMILES string of the molecule is C/C=C/[Si]OS(=O)(=O)O. The highest BCUT2D eigenvalue weighted by molar-refractivity contribution is 7.81. The minimum atomic E-state index is -4.24. The van der Waals surface area contributed by atoms with Crippen LogP contribution in [0, 0.1) is 0 Å². The van der Waals surface area contributed by atoms with E-state index in [1.165, 1.54) is 5.70 Å². The van der Waals surface area contributed by atoms with Crippen molar-refractivity contribution in [2.24, 2.45) is 0 Å². The fraction of sp³-hybridized carbons (Fsp3) is 0.333. The van der Waals surface area contributed by atoms with E-state index in [2.05, 4.69) is 3.87 Å². The average molecular weight is 166 g/mol. The lowest BCUT2D eigenvalue weighted by atomic mass is 10.8. The van der Waals surface area contributed by atoms with Gasteiger partial charge in [-0.1, -0.05) is 11.8 Å². The lowest BCUT2D eigenvalue weighted by Crippen LogP contribution is -2.05. The van der Waals surface area contributed by atoms with Crippen molar-refractivity contribution in [1.29, 1.82) is 0 Å². The van der Waals surface area contributed by atoms with Crippen LogP contribution in [-0.4, -0.2) is 22.7 Å². The second-order valence-corrected chi connectivity index (χ2v) is 3.22. The molecule has 6 heteroatoms. The molecule has 52 valence electrons. The summed E-state index contributed by atoms with van der Waals surface area (Å²) in [5.41, 5.74) is 1.49. The number of hydrogen-bond donors (Lipinski definition) is 1. The summed E-state index contributed by atoms with van der Waals surface area (Å²) < 4.78 is 31.5. The van der Waals surface area contributed by atoms with Gasteiger partial charge in [-0.05, 0) is 6.92 Å². The molecule has 0 aliphatic carbocycles. The second-order valence-electron chi connectivity index (χ2n) is 1.13. The molecule has 2 radical (unpaired) electrons. The summed E-state index contributed by atoms with van der Waals surface area (Å²) >= 11 is 0. The van der Waals surface area contributed by atoms with E-state index in [1.54, 1.807) is 13.0 Å². The van der Waals surface area contributed by atoms with Gasteiger partial charge in [0.2, 0.25) is 0 Å². The molecular formula is C3H6O4SSi. The zero-order valence-electron chi connectivity index (χ0n) is 4.73. The van der Waals surface area contributed by atoms with Gasteiger partial charge >= 0.3 is 10.4 Å². The van der Waals surface area contributed by atoms with E-state index in [1.807, 2.05) is 0 Å². The molecule has 0 unspecified atom stereocenters. The van der Waals surface area contributed by atoms with Gasteiger partial charge in [0.15, 0.2) is 0 Å². The van der Waals surface area contributed by atoms with Crippen molar-refractivity contribution in [3.8, 4) is 0 Å². The van der Waals surface area contributed by atoms with Crippen LogP contribution < -0.4 is 0 Å². The first kappa shape index (κ1) is 8.83. The molecule has 0 saturated heterocycles. The smallest absolute Gasteiger partial charge is 0.289 e. The molecule has 1 N–H and O–H groups in total. The highest BCUT2D eigenvalue weighted by Crippen LogP contribution is 1.82. The zero-order chi connectivity index (χ0) is 7.33. The van der Waals surface area contributed by atoms with Crippen LogP contribution in [0.2, 0.25) is 0 Å². The van der Waals surface area contributed by atoms with Gasteiger partial charge in [-0.15, -0.1) is 0 Å². The summed E-state index contributed by atoms with van der Waals surface area (Å²) in [5, 5.41) is 0. The van der Waals surface area contributed by atoms with Crippen molar-refractivity contribution in [2.75, 3.05) is 0 Å². The number of hydrogen-bond acceptors (Lipinski definition) is 3. The molecule has 0 spiro atoms. The van der Waals surface area contributed by atoms with Crippen molar-refractivity contribution < 1.29 is 16.8 Å². The molecule has 0 aliphatic heterocycles. The standard InChI is InChI=1S/C3H6O4SSi/c1-2-3-9-7-8(4,5)6/h2-3H,1H3,(H,4,5,6)/b3-2+. The fourth-order valence-electron chi connectivity index (χ4n) is 0.157. The van der Waals surface area contributed by atoms with Crippen LogP contribution in [0.15, 0.2) is 11.8 Å². The molecule has 0 rings (SSSR count). The zero-order valence-corrected chi connectivity index (χ0v) is 6.55. The van der Waals surface area contributed by atoms with E-state index < -0.39 is 10.4 Å². The van der Waals surface area contributed by atoms with Crippen LogP contribution in [-0.2, 0) is 14.3 Å². The highest BCUT2D eigenvalue weighted by Gasteiger charge is 2.00. The maximum absolute atomic E-state index is 9.81. The number of allylic oxidation sites excluding steroid dienone is 1. The Balaban J connectivity index is 3.53. The van der Waals surface area contributed by atoms with Gasteiger partial charge in [-0.2, -0.15) is 8.42 Å². The Morgan fingerprint density at radius 3 is 2.56 bits per heavy atom. The lowest BCUT2D eigenvalue weighted by molar-refractivity contribution is 0.397. The molecule has 4 nitrogen and oxygen atoms in total. The molecule has 0 heterocycles. The molecule has 9 heavy (non-hydrogen) atoms. The minimum Gasteiger partial charge on any atom is -0.289 e. The summed E-state index contributed by atoms with van der Waals surface area (Å²) in [6.07, 6.45) is 1.63. The third kappa shape index (κ3) is 7.83. The average Bonchev–Trinajstić information content (AvgIpc) is 1.63. The van der Waals surface area contributed by atoms with E-state index in [9.17, 15) is 8.42 Å². The Hall–Kier alpha value is -0.173. The quantitative estimate of drug-likeness (QED) is 0.472. The predicted octanol–water partition coefficient (Wildman–Crippen LogP) is -0.0414. The van der Waals surface area contributed by atoms with Gasteiger partial charge in [0, 0.05) is 0 Å². The first-order valence-electron chi connectivity index (χ1n) is 2.09. The maximum atomic E-state index is 9.81. The third-order valence-electron chi connectivity index (χ3n) is 0.388. The van der Waals surface area contributed by atoms with Crippen LogP contribution >= 0.6 is 0 Å². The van der Waals surface area contributed by atoms with Crippen LogP contribution in [0.5, 0.6) is 0 Å². The van der Waals surface area contributed by atoms with E-state index >= 15 is 0 Å². The predicted molar refractivity (Wildman–Crippen MR) is 33.2 cm³/mol. The van der Waals surface area contributed by atoms with E-state index in [0.29, 0.717) is 0 Å². The van der Waals surface area contributed by atoms with Crippen molar-refractivity contribution in [2.45, 2.75) is 6.92 Å². The van der Waals surface area contributed by atoms with Gasteiger partial charge in [0.05, 0.1) is 0 Å². The van der Waals surface area contributed by atoms with Crippen molar-refractivity contribution >= 4 is 20.2 Å². The molecule has 0 fully saturated rings. The molecule has 0 saturated carbocycles. The van der Waals surface area contributed by atoms with Crippen molar-refractivity contribution in [3.05, 3.63) is 11.8 Å². The van der Waals surface area contributed by atoms with Crippen molar-refractivity contribution in [1.82, 2.24) is 0 Å². The number of rotatable bonds is 3. The van der Waals surface area contributed by atoms with Gasteiger partial charge in [0.1, 0.15) is 0 Å². The Morgan fingerprint density at radius 1 is 1.67 bits per heavy atom. The molecule has 0 aromatic heterocycles. The normalized spacial score (nSPS) is 12.7. The minimum absolute atomic E-state index is 0.335. The molecule has 0 atom stereocenters. The molecule has 0 aromatic rings. The van der Waals surface area contributed by atoms with E-state index in [0.717, 1.165) is 0 Å². The summed E-state index contributed by atoms with van der Waals surface area (Å²) in [7, 11) is -4.57. The Labute approximate surface area is 56.4 Å². The summed E-state index contributed by atoms with van der Waals surface area (Å²) in [6.45, 7) is 1.72. The Morgan fingerprint density at radius 2 is 2.22 bits per heavy atom. The van der Waals surface area contributed by atoms with E-state index in [4.69, 9.17) is 4.55 Å². The highest BCUT2D eigenvalue weighted by atomic mass is 32.3. The third-order valence-corrected chi connectivity index (χ3v) is 2.08. The largest absolute Gasteiger partial charge is 0.387 e. The van der Waals surface area contributed by atoms with Crippen LogP contribution in [0.3, 0.4) is 0 Å². The van der Waals surface area contributed by atoms with Crippen LogP contribution in [0.4, 0.5) is 0 Å².